The Kier molecular flexibility index (Phi) is 3.68. The fraction of sp³-hybridized carbons (Fsp3) is 0.500. The molecule has 1 aromatic rings. The second-order valence-electron chi connectivity index (χ2n) is 5.03. The van der Waals surface area contributed by atoms with E-state index in [0.717, 1.165) is 18.7 Å². The van der Waals surface area contributed by atoms with Crippen molar-refractivity contribution in [3.63, 3.8) is 0 Å². The summed E-state index contributed by atoms with van der Waals surface area (Å²) in [5.74, 6) is -0.724. The number of rotatable bonds is 3. The zero-order chi connectivity index (χ0) is 13.2. The average molecular weight is 248 g/mol. The van der Waals surface area contributed by atoms with Gasteiger partial charge in [-0.05, 0) is 25.3 Å². The molecule has 2 rings (SSSR count). The molecule has 0 radical (unpaired) electrons. The maximum absolute atomic E-state index is 11.7. The highest BCUT2D eigenvalue weighted by atomic mass is 16.4. The molecule has 1 aliphatic heterocycles. The molecule has 1 aliphatic rings. The van der Waals surface area contributed by atoms with Crippen molar-refractivity contribution in [2.24, 2.45) is 5.73 Å². The Hall–Kier alpha value is -1.39. The van der Waals surface area contributed by atoms with Crippen molar-refractivity contribution in [2.75, 3.05) is 13.1 Å². The molecule has 4 nitrogen and oxygen atoms in total. The van der Waals surface area contributed by atoms with Gasteiger partial charge in [0.25, 0.3) is 0 Å². The molecule has 0 aromatic heterocycles. The van der Waals surface area contributed by atoms with E-state index in [2.05, 4.69) is 4.90 Å². The minimum absolute atomic E-state index is 0.00688. The normalized spacial score (nSPS) is 21.4. The van der Waals surface area contributed by atoms with Crippen LogP contribution < -0.4 is 5.73 Å². The molecular weight excluding hydrogens is 228 g/mol. The van der Waals surface area contributed by atoms with Crippen molar-refractivity contribution in [3.05, 3.63) is 35.9 Å². The van der Waals surface area contributed by atoms with Crippen molar-refractivity contribution in [2.45, 2.75) is 31.3 Å². The molecule has 3 N–H and O–H groups in total. The van der Waals surface area contributed by atoms with E-state index in [-0.39, 0.29) is 6.17 Å². The third kappa shape index (κ3) is 2.26. The Labute approximate surface area is 107 Å². The predicted octanol–water partition coefficient (Wildman–Crippen LogP) is 1.41. The molecule has 0 saturated carbocycles. The zero-order valence-corrected chi connectivity index (χ0v) is 10.7. The summed E-state index contributed by atoms with van der Waals surface area (Å²) >= 11 is 0. The first-order valence-corrected chi connectivity index (χ1v) is 6.35. The van der Waals surface area contributed by atoms with Gasteiger partial charge < -0.3 is 10.8 Å². The summed E-state index contributed by atoms with van der Waals surface area (Å²) in [6.07, 6.45) is 1.23. The van der Waals surface area contributed by atoms with E-state index >= 15 is 0 Å². The number of carboxylic acids is 1. The zero-order valence-electron chi connectivity index (χ0n) is 10.7. The van der Waals surface area contributed by atoms with Gasteiger partial charge in [-0.2, -0.15) is 0 Å². The lowest BCUT2D eigenvalue weighted by Crippen LogP contribution is -2.51. The van der Waals surface area contributed by atoms with Crippen LogP contribution in [0.1, 0.15) is 25.3 Å². The lowest BCUT2D eigenvalue weighted by atomic mass is 9.73. The van der Waals surface area contributed by atoms with Gasteiger partial charge in [-0.25, -0.2) is 0 Å². The number of hydrogen-bond acceptors (Lipinski definition) is 3. The number of benzene rings is 1. The number of aliphatic carboxylic acids is 1. The largest absolute Gasteiger partial charge is 0.481 e. The molecule has 4 heteroatoms. The van der Waals surface area contributed by atoms with Crippen molar-refractivity contribution < 1.29 is 9.90 Å². The van der Waals surface area contributed by atoms with Gasteiger partial charge in [0.1, 0.15) is 0 Å². The summed E-state index contributed by atoms with van der Waals surface area (Å²) in [5, 5.41) is 9.62. The molecular formula is C14H20N2O2. The van der Waals surface area contributed by atoms with Crippen LogP contribution in [-0.2, 0) is 10.2 Å². The molecule has 1 unspecified atom stereocenters. The van der Waals surface area contributed by atoms with Crippen LogP contribution in [-0.4, -0.2) is 35.2 Å². The molecule has 1 saturated heterocycles. The fourth-order valence-electron chi connectivity index (χ4n) is 2.70. The van der Waals surface area contributed by atoms with Gasteiger partial charge in [-0.15, -0.1) is 0 Å². The highest BCUT2D eigenvalue weighted by Crippen LogP contribution is 2.36. The van der Waals surface area contributed by atoms with E-state index in [1.807, 2.05) is 37.3 Å². The van der Waals surface area contributed by atoms with Gasteiger partial charge in [0.05, 0.1) is 11.6 Å². The Balaban J connectivity index is 2.24. The van der Waals surface area contributed by atoms with Crippen molar-refractivity contribution in [1.82, 2.24) is 4.90 Å². The van der Waals surface area contributed by atoms with Gasteiger partial charge in [0, 0.05) is 13.1 Å². The van der Waals surface area contributed by atoms with Crippen LogP contribution in [0, 0.1) is 0 Å². The maximum Gasteiger partial charge on any atom is 0.314 e. The van der Waals surface area contributed by atoms with E-state index in [0.29, 0.717) is 12.8 Å². The number of hydrogen-bond donors (Lipinski definition) is 2. The van der Waals surface area contributed by atoms with Crippen LogP contribution in [0.25, 0.3) is 0 Å². The first-order valence-electron chi connectivity index (χ1n) is 6.35. The fourth-order valence-corrected chi connectivity index (χ4v) is 2.70. The standard InChI is InChI=1S/C14H20N2O2/c1-11(15)16-9-7-14(8-10-16,13(17)18)12-5-3-2-4-6-12/h2-6,11H,7-10,15H2,1H3,(H,17,18). The quantitative estimate of drug-likeness (QED) is 0.848. The van der Waals surface area contributed by atoms with E-state index in [1.54, 1.807) is 0 Å². The maximum atomic E-state index is 11.7. The second-order valence-corrected chi connectivity index (χ2v) is 5.03. The Morgan fingerprint density at radius 2 is 1.89 bits per heavy atom. The molecule has 0 spiro atoms. The Morgan fingerprint density at radius 1 is 1.33 bits per heavy atom. The molecule has 98 valence electrons. The van der Waals surface area contributed by atoms with Crippen LogP contribution in [0.4, 0.5) is 0 Å². The van der Waals surface area contributed by atoms with Crippen LogP contribution in [0.15, 0.2) is 30.3 Å². The highest BCUT2D eigenvalue weighted by Gasteiger charge is 2.43. The van der Waals surface area contributed by atoms with Crippen molar-refractivity contribution in [3.8, 4) is 0 Å². The third-order valence-electron chi connectivity index (χ3n) is 3.96. The number of nitrogens with zero attached hydrogens (tertiary/aromatic N) is 1. The molecule has 1 fully saturated rings. The van der Waals surface area contributed by atoms with Crippen LogP contribution >= 0.6 is 0 Å². The topological polar surface area (TPSA) is 66.6 Å². The molecule has 0 aliphatic carbocycles. The molecule has 0 amide bonds. The van der Waals surface area contributed by atoms with E-state index < -0.39 is 11.4 Å². The SMILES string of the molecule is CC(N)N1CCC(C(=O)O)(c2ccccc2)CC1. The average Bonchev–Trinajstić information content (AvgIpc) is 2.39. The van der Waals surface area contributed by atoms with Crippen molar-refractivity contribution >= 4 is 5.97 Å². The number of carbonyl (C=O) groups is 1. The lowest BCUT2D eigenvalue weighted by molar-refractivity contribution is -0.146. The first kappa shape index (κ1) is 13.1. The minimum Gasteiger partial charge on any atom is -0.481 e. The summed E-state index contributed by atoms with van der Waals surface area (Å²) in [5.41, 5.74) is 6.01. The number of piperidine rings is 1. The van der Waals surface area contributed by atoms with E-state index in [9.17, 15) is 9.90 Å². The van der Waals surface area contributed by atoms with Gasteiger partial charge in [0.15, 0.2) is 0 Å². The molecule has 1 aromatic carbocycles. The lowest BCUT2D eigenvalue weighted by Gasteiger charge is -2.40. The Morgan fingerprint density at radius 3 is 2.33 bits per heavy atom. The summed E-state index contributed by atoms with van der Waals surface area (Å²) in [4.78, 5) is 13.8. The predicted molar refractivity (Wildman–Crippen MR) is 70.2 cm³/mol. The highest BCUT2D eigenvalue weighted by molar-refractivity contribution is 5.81. The molecule has 1 heterocycles. The first-order chi connectivity index (χ1) is 8.56. The number of nitrogens with two attached hydrogens (primary N) is 1. The van der Waals surface area contributed by atoms with E-state index in [4.69, 9.17) is 5.73 Å². The number of carboxylic acid groups (broad SMARTS) is 1. The van der Waals surface area contributed by atoms with Crippen molar-refractivity contribution in [1.29, 1.82) is 0 Å². The molecule has 18 heavy (non-hydrogen) atoms. The van der Waals surface area contributed by atoms with Gasteiger partial charge >= 0.3 is 5.97 Å². The summed E-state index contributed by atoms with van der Waals surface area (Å²) in [6, 6.07) is 9.54. The monoisotopic (exact) mass is 248 g/mol. The van der Waals surface area contributed by atoms with E-state index in [1.165, 1.54) is 0 Å². The van der Waals surface area contributed by atoms with Crippen LogP contribution in [0.2, 0.25) is 0 Å². The third-order valence-corrected chi connectivity index (χ3v) is 3.96. The summed E-state index contributed by atoms with van der Waals surface area (Å²) in [7, 11) is 0. The summed E-state index contributed by atoms with van der Waals surface area (Å²) < 4.78 is 0. The molecule has 0 bridgehead atoms. The van der Waals surface area contributed by atoms with Crippen LogP contribution in [0.5, 0.6) is 0 Å². The van der Waals surface area contributed by atoms with Crippen LogP contribution in [0.3, 0.4) is 0 Å². The van der Waals surface area contributed by atoms with Gasteiger partial charge in [-0.3, -0.25) is 9.69 Å². The number of likely N-dealkylation sites (tertiary alicyclic amines) is 1. The molecule has 1 atom stereocenters. The minimum atomic E-state index is -0.743. The Bertz CT molecular complexity index is 409. The van der Waals surface area contributed by atoms with Gasteiger partial charge in [-0.1, -0.05) is 30.3 Å². The second kappa shape index (κ2) is 5.08. The summed E-state index contributed by atoms with van der Waals surface area (Å²) in [6.45, 7) is 3.41. The smallest absolute Gasteiger partial charge is 0.314 e. The van der Waals surface area contributed by atoms with Gasteiger partial charge in [0.2, 0.25) is 0 Å².